The molecule has 2 aliphatic carbocycles. The van der Waals surface area contributed by atoms with Gasteiger partial charge < -0.3 is 9.47 Å². The SMILES string of the molecule is C=C1C[C@H]2CCC[C@@]23OC(=O)O[C@@]3(C)C1. The van der Waals surface area contributed by atoms with Gasteiger partial charge in [0.2, 0.25) is 0 Å². The van der Waals surface area contributed by atoms with Gasteiger partial charge in [-0.05, 0) is 32.6 Å². The van der Waals surface area contributed by atoms with Crippen LogP contribution >= 0.6 is 0 Å². The zero-order valence-corrected chi connectivity index (χ0v) is 9.04. The molecule has 0 aromatic heterocycles. The normalized spacial score (nSPS) is 48.2. The molecule has 1 spiro atoms. The fourth-order valence-corrected chi connectivity index (χ4v) is 3.78. The standard InChI is InChI=1S/C12H16O3/c1-8-6-9-4-3-5-12(9)11(2,7-8)14-10(13)15-12/h9H,1,3-7H2,2H3/t9-,11+,12-/m1/s1. The highest BCUT2D eigenvalue weighted by Crippen LogP contribution is 2.58. The third-order valence-corrected chi connectivity index (χ3v) is 4.35. The minimum Gasteiger partial charge on any atom is -0.423 e. The maximum atomic E-state index is 11.4. The van der Waals surface area contributed by atoms with Crippen LogP contribution in [0, 0.1) is 5.92 Å². The van der Waals surface area contributed by atoms with Gasteiger partial charge in [-0.3, -0.25) is 0 Å². The average molecular weight is 208 g/mol. The summed E-state index contributed by atoms with van der Waals surface area (Å²) in [6.45, 7) is 6.06. The van der Waals surface area contributed by atoms with Crippen LogP contribution in [0.4, 0.5) is 4.79 Å². The van der Waals surface area contributed by atoms with Crippen molar-refractivity contribution in [2.75, 3.05) is 0 Å². The van der Waals surface area contributed by atoms with E-state index in [9.17, 15) is 4.79 Å². The summed E-state index contributed by atoms with van der Waals surface area (Å²) in [5, 5.41) is 0. The Bertz CT molecular complexity index is 347. The molecule has 1 heterocycles. The van der Waals surface area contributed by atoms with E-state index in [1.54, 1.807) is 0 Å². The molecule has 0 unspecified atom stereocenters. The second-order valence-corrected chi connectivity index (χ2v) is 5.29. The third-order valence-electron chi connectivity index (χ3n) is 4.35. The van der Waals surface area contributed by atoms with Gasteiger partial charge in [0, 0.05) is 12.3 Å². The molecule has 3 heteroatoms. The lowest BCUT2D eigenvalue weighted by atomic mass is 9.66. The molecule has 0 radical (unpaired) electrons. The van der Waals surface area contributed by atoms with Crippen LogP contribution in [0.1, 0.15) is 39.0 Å². The molecule has 0 aromatic carbocycles. The fourth-order valence-electron chi connectivity index (χ4n) is 3.78. The molecule has 3 nitrogen and oxygen atoms in total. The number of carbonyl (C=O) groups excluding carboxylic acids is 1. The molecule has 3 atom stereocenters. The maximum absolute atomic E-state index is 11.4. The van der Waals surface area contributed by atoms with Crippen molar-refractivity contribution in [2.24, 2.45) is 5.92 Å². The second kappa shape index (κ2) is 2.57. The Morgan fingerprint density at radius 1 is 1.47 bits per heavy atom. The zero-order valence-electron chi connectivity index (χ0n) is 9.04. The van der Waals surface area contributed by atoms with Crippen molar-refractivity contribution in [2.45, 2.75) is 50.2 Å². The van der Waals surface area contributed by atoms with Crippen LogP contribution in [0.5, 0.6) is 0 Å². The second-order valence-electron chi connectivity index (χ2n) is 5.29. The van der Waals surface area contributed by atoms with Crippen LogP contribution in [0.2, 0.25) is 0 Å². The largest absolute Gasteiger partial charge is 0.509 e. The van der Waals surface area contributed by atoms with Crippen LogP contribution < -0.4 is 0 Å². The Kier molecular flexibility index (Phi) is 1.59. The predicted molar refractivity (Wildman–Crippen MR) is 54.4 cm³/mol. The van der Waals surface area contributed by atoms with E-state index >= 15 is 0 Å². The Morgan fingerprint density at radius 2 is 2.27 bits per heavy atom. The maximum Gasteiger partial charge on any atom is 0.509 e. The first kappa shape index (κ1) is 9.25. The number of ether oxygens (including phenoxy) is 2. The Morgan fingerprint density at radius 3 is 3.07 bits per heavy atom. The molecule has 82 valence electrons. The van der Waals surface area contributed by atoms with Crippen LogP contribution in [0.15, 0.2) is 12.2 Å². The highest BCUT2D eigenvalue weighted by atomic mass is 16.8. The molecular formula is C12H16O3. The quantitative estimate of drug-likeness (QED) is 0.453. The van der Waals surface area contributed by atoms with Crippen molar-refractivity contribution in [1.82, 2.24) is 0 Å². The van der Waals surface area contributed by atoms with Crippen LogP contribution in [0.25, 0.3) is 0 Å². The minimum atomic E-state index is -0.487. The third kappa shape index (κ3) is 0.985. The average Bonchev–Trinajstić information content (AvgIpc) is 2.57. The van der Waals surface area contributed by atoms with Gasteiger partial charge in [-0.2, -0.15) is 0 Å². The lowest BCUT2D eigenvalue weighted by molar-refractivity contribution is -0.0779. The smallest absolute Gasteiger partial charge is 0.423 e. The van der Waals surface area contributed by atoms with E-state index < -0.39 is 11.8 Å². The Balaban J connectivity index is 2.07. The molecule has 0 bridgehead atoms. The van der Waals surface area contributed by atoms with Crippen molar-refractivity contribution < 1.29 is 14.3 Å². The Labute approximate surface area is 89.4 Å². The lowest BCUT2D eigenvalue weighted by Crippen LogP contribution is -2.55. The minimum absolute atomic E-state index is 0.342. The lowest BCUT2D eigenvalue weighted by Gasteiger charge is -2.44. The summed E-state index contributed by atoms with van der Waals surface area (Å²) in [5.41, 5.74) is 0.393. The summed E-state index contributed by atoms with van der Waals surface area (Å²) in [7, 11) is 0. The summed E-state index contributed by atoms with van der Waals surface area (Å²) in [6, 6.07) is 0. The molecule has 3 fully saturated rings. The topological polar surface area (TPSA) is 35.5 Å². The first-order valence-electron chi connectivity index (χ1n) is 5.64. The van der Waals surface area contributed by atoms with Crippen molar-refractivity contribution in [3.05, 3.63) is 12.2 Å². The van der Waals surface area contributed by atoms with Gasteiger partial charge in [-0.1, -0.05) is 12.2 Å². The molecule has 0 amide bonds. The molecule has 1 aliphatic heterocycles. The number of carbonyl (C=O) groups is 1. The highest BCUT2D eigenvalue weighted by Gasteiger charge is 2.67. The van der Waals surface area contributed by atoms with Crippen molar-refractivity contribution in [3.8, 4) is 0 Å². The van der Waals surface area contributed by atoms with E-state index in [0.29, 0.717) is 5.92 Å². The highest BCUT2D eigenvalue weighted by molar-refractivity contribution is 5.65. The van der Waals surface area contributed by atoms with Gasteiger partial charge in [0.15, 0.2) is 11.2 Å². The molecule has 1 saturated heterocycles. The first-order chi connectivity index (χ1) is 7.06. The van der Waals surface area contributed by atoms with E-state index in [4.69, 9.17) is 9.47 Å². The Hall–Kier alpha value is -0.990. The number of rotatable bonds is 0. The summed E-state index contributed by atoms with van der Waals surface area (Å²) in [5.74, 6) is 0.426. The van der Waals surface area contributed by atoms with Gasteiger partial charge in [0.25, 0.3) is 0 Å². The van der Waals surface area contributed by atoms with E-state index in [-0.39, 0.29) is 5.60 Å². The van der Waals surface area contributed by atoms with E-state index in [2.05, 4.69) is 6.58 Å². The molecule has 0 N–H and O–H groups in total. The van der Waals surface area contributed by atoms with Crippen molar-refractivity contribution >= 4 is 6.16 Å². The summed E-state index contributed by atoms with van der Waals surface area (Å²) in [6.07, 6.45) is 4.48. The van der Waals surface area contributed by atoms with Crippen LogP contribution in [-0.2, 0) is 9.47 Å². The van der Waals surface area contributed by atoms with Crippen molar-refractivity contribution in [1.29, 1.82) is 0 Å². The molecule has 2 saturated carbocycles. The predicted octanol–water partition coefficient (Wildman–Crippen LogP) is 2.80. The summed E-state index contributed by atoms with van der Waals surface area (Å²) >= 11 is 0. The van der Waals surface area contributed by atoms with Crippen LogP contribution in [-0.4, -0.2) is 17.4 Å². The fraction of sp³-hybridized carbons (Fsp3) is 0.750. The van der Waals surface area contributed by atoms with E-state index in [1.807, 2.05) is 6.92 Å². The monoisotopic (exact) mass is 208 g/mol. The molecule has 3 aliphatic rings. The molecule has 0 aromatic rings. The summed E-state index contributed by atoms with van der Waals surface area (Å²) < 4.78 is 10.9. The van der Waals surface area contributed by atoms with E-state index in [1.165, 1.54) is 5.57 Å². The van der Waals surface area contributed by atoms with E-state index in [0.717, 1.165) is 32.1 Å². The van der Waals surface area contributed by atoms with Crippen LogP contribution in [0.3, 0.4) is 0 Å². The first-order valence-corrected chi connectivity index (χ1v) is 5.64. The molecular weight excluding hydrogens is 192 g/mol. The summed E-state index contributed by atoms with van der Waals surface area (Å²) in [4.78, 5) is 11.4. The zero-order chi connectivity index (χ0) is 10.7. The molecule has 3 rings (SSSR count). The van der Waals surface area contributed by atoms with Gasteiger partial charge in [-0.15, -0.1) is 0 Å². The number of hydrogen-bond donors (Lipinski definition) is 0. The van der Waals surface area contributed by atoms with Crippen molar-refractivity contribution in [3.63, 3.8) is 0 Å². The molecule has 15 heavy (non-hydrogen) atoms. The van der Waals surface area contributed by atoms with Gasteiger partial charge in [-0.25, -0.2) is 4.79 Å². The van der Waals surface area contributed by atoms with Gasteiger partial charge in [0.05, 0.1) is 0 Å². The van der Waals surface area contributed by atoms with Gasteiger partial charge in [0.1, 0.15) is 0 Å². The number of hydrogen-bond acceptors (Lipinski definition) is 3. The van der Waals surface area contributed by atoms with Gasteiger partial charge >= 0.3 is 6.16 Å².